The van der Waals surface area contributed by atoms with Gasteiger partial charge in [-0.2, -0.15) is 0 Å². The molecule has 0 aliphatic heterocycles. The summed E-state index contributed by atoms with van der Waals surface area (Å²) in [5, 5.41) is 2.91. The van der Waals surface area contributed by atoms with Gasteiger partial charge in [0.15, 0.2) is 0 Å². The fourth-order valence-corrected chi connectivity index (χ4v) is 2.56. The Morgan fingerprint density at radius 2 is 1.84 bits per heavy atom. The lowest BCUT2D eigenvalue weighted by molar-refractivity contribution is 0.1000. The minimum atomic E-state index is -0.447. The molecule has 0 heterocycles. The first-order chi connectivity index (χ1) is 11.9. The zero-order chi connectivity index (χ0) is 18.4. The number of hydrogen-bond acceptors (Lipinski definition) is 2. The van der Waals surface area contributed by atoms with Crippen molar-refractivity contribution in [3.8, 4) is 0 Å². The number of urea groups is 1. The average molecular weight is 339 g/mol. The number of nitrogens with zero attached hydrogens (tertiary/aromatic N) is 1. The van der Waals surface area contributed by atoms with E-state index in [1.165, 1.54) is 5.56 Å². The first-order valence-electron chi connectivity index (χ1n) is 8.34. The van der Waals surface area contributed by atoms with E-state index in [4.69, 9.17) is 5.73 Å². The molecule has 0 aliphatic carbocycles. The van der Waals surface area contributed by atoms with Crippen molar-refractivity contribution in [2.45, 2.75) is 26.3 Å². The first-order valence-corrected chi connectivity index (χ1v) is 8.34. The lowest BCUT2D eigenvalue weighted by Crippen LogP contribution is -2.39. The molecule has 0 radical (unpaired) electrons. The Hall–Kier alpha value is -2.82. The van der Waals surface area contributed by atoms with Gasteiger partial charge in [0.05, 0.1) is 6.04 Å². The second-order valence-corrected chi connectivity index (χ2v) is 6.24. The van der Waals surface area contributed by atoms with Crippen LogP contribution >= 0.6 is 0 Å². The quantitative estimate of drug-likeness (QED) is 0.849. The molecule has 25 heavy (non-hydrogen) atoms. The molecule has 0 saturated carbocycles. The molecule has 0 saturated heterocycles. The highest BCUT2D eigenvalue weighted by Gasteiger charge is 2.16. The number of nitrogens with one attached hydrogen (secondary N) is 1. The van der Waals surface area contributed by atoms with Gasteiger partial charge in [-0.3, -0.25) is 4.79 Å². The molecular weight excluding hydrogens is 314 g/mol. The highest BCUT2D eigenvalue weighted by molar-refractivity contribution is 5.92. The van der Waals surface area contributed by atoms with E-state index < -0.39 is 5.91 Å². The summed E-state index contributed by atoms with van der Waals surface area (Å²) in [6.45, 7) is 4.53. The van der Waals surface area contributed by atoms with Crippen LogP contribution in [0.15, 0.2) is 48.5 Å². The Balaban J connectivity index is 1.88. The second-order valence-electron chi connectivity index (χ2n) is 6.24. The van der Waals surface area contributed by atoms with Gasteiger partial charge in [0.1, 0.15) is 0 Å². The zero-order valence-corrected chi connectivity index (χ0v) is 15.0. The van der Waals surface area contributed by atoms with Gasteiger partial charge >= 0.3 is 6.03 Å². The van der Waals surface area contributed by atoms with Crippen molar-refractivity contribution in [1.82, 2.24) is 10.2 Å². The molecular formula is C20H25N3O2. The smallest absolute Gasteiger partial charge is 0.317 e. The Bertz CT molecular complexity index is 741. The standard InChI is InChI=1S/C20H25N3O2/c1-14-7-9-17(10-8-14)15(2)23(3)20(25)22-12-11-16-5-4-6-18(13-16)19(21)24/h4-10,13,15H,11-12H2,1-3H3,(H2,21,24)(H,22,25)/t15-/m1/s1. The molecule has 5 nitrogen and oxygen atoms in total. The molecule has 0 unspecified atom stereocenters. The number of rotatable bonds is 6. The molecule has 1 atom stereocenters. The van der Waals surface area contributed by atoms with Crippen LogP contribution in [0.1, 0.15) is 40.0 Å². The zero-order valence-electron chi connectivity index (χ0n) is 15.0. The lowest BCUT2D eigenvalue weighted by Gasteiger charge is -2.25. The van der Waals surface area contributed by atoms with Crippen LogP contribution in [-0.4, -0.2) is 30.4 Å². The Morgan fingerprint density at radius 1 is 1.16 bits per heavy atom. The van der Waals surface area contributed by atoms with Gasteiger partial charge in [-0.05, 0) is 43.5 Å². The van der Waals surface area contributed by atoms with E-state index in [-0.39, 0.29) is 12.1 Å². The third kappa shape index (κ3) is 5.08. The third-order valence-corrected chi connectivity index (χ3v) is 4.36. The molecule has 0 aromatic heterocycles. The van der Waals surface area contributed by atoms with Crippen molar-refractivity contribution >= 4 is 11.9 Å². The van der Waals surface area contributed by atoms with E-state index in [2.05, 4.69) is 5.32 Å². The number of aryl methyl sites for hydroxylation is 1. The number of carbonyl (C=O) groups excluding carboxylic acids is 2. The molecule has 132 valence electrons. The molecule has 0 spiro atoms. The van der Waals surface area contributed by atoms with Gasteiger partial charge in [0.25, 0.3) is 0 Å². The number of carbonyl (C=O) groups is 2. The van der Waals surface area contributed by atoms with Crippen LogP contribution in [0, 0.1) is 6.92 Å². The summed E-state index contributed by atoms with van der Waals surface area (Å²) in [6, 6.07) is 15.2. The van der Waals surface area contributed by atoms with Crippen molar-refractivity contribution in [3.63, 3.8) is 0 Å². The van der Waals surface area contributed by atoms with Crippen molar-refractivity contribution in [1.29, 1.82) is 0 Å². The van der Waals surface area contributed by atoms with E-state index in [0.717, 1.165) is 11.1 Å². The summed E-state index contributed by atoms with van der Waals surface area (Å²) in [7, 11) is 1.79. The summed E-state index contributed by atoms with van der Waals surface area (Å²) in [4.78, 5) is 25.2. The van der Waals surface area contributed by atoms with E-state index in [1.54, 1.807) is 30.1 Å². The summed E-state index contributed by atoms with van der Waals surface area (Å²) >= 11 is 0. The molecule has 2 rings (SSSR count). The molecule has 0 aliphatic rings. The summed E-state index contributed by atoms with van der Waals surface area (Å²) in [5.41, 5.74) is 9.02. The normalized spacial score (nSPS) is 11.6. The fraction of sp³-hybridized carbons (Fsp3) is 0.300. The van der Waals surface area contributed by atoms with Gasteiger partial charge in [-0.25, -0.2) is 4.79 Å². The van der Waals surface area contributed by atoms with Gasteiger partial charge in [-0.15, -0.1) is 0 Å². The van der Waals surface area contributed by atoms with E-state index in [1.807, 2.05) is 44.2 Å². The number of nitrogens with two attached hydrogens (primary N) is 1. The molecule has 2 aromatic rings. The predicted molar refractivity (Wildman–Crippen MR) is 99.4 cm³/mol. The molecule has 3 amide bonds. The van der Waals surface area contributed by atoms with Gasteiger partial charge in [0, 0.05) is 19.2 Å². The largest absolute Gasteiger partial charge is 0.366 e. The monoisotopic (exact) mass is 339 g/mol. The van der Waals surface area contributed by atoms with Crippen LogP contribution in [-0.2, 0) is 6.42 Å². The van der Waals surface area contributed by atoms with Crippen LogP contribution in [0.3, 0.4) is 0 Å². The van der Waals surface area contributed by atoms with E-state index >= 15 is 0 Å². The average Bonchev–Trinajstić information content (AvgIpc) is 2.61. The topological polar surface area (TPSA) is 75.4 Å². The molecule has 0 bridgehead atoms. The minimum absolute atomic E-state index is 0.0150. The van der Waals surface area contributed by atoms with Crippen LogP contribution in [0.5, 0.6) is 0 Å². The molecule has 2 aromatic carbocycles. The van der Waals surface area contributed by atoms with Crippen molar-refractivity contribution in [3.05, 3.63) is 70.8 Å². The van der Waals surface area contributed by atoms with Crippen LogP contribution < -0.4 is 11.1 Å². The first kappa shape index (κ1) is 18.5. The summed E-state index contributed by atoms with van der Waals surface area (Å²) in [6.07, 6.45) is 0.639. The van der Waals surface area contributed by atoms with Crippen molar-refractivity contribution < 1.29 is 9.59 Å². The Labute approximate surface area is 148 Å². The molecule has 3 N–H and O–H groups in total. The fourth-order valence-electron chi connectivity index (χ4n) is 2.56. The highest BCUT2D eigenvalue weighted by atomic mass is 16.2. The number of amides is 3. The Morgan fingerprint density at radius 3 is 2.48 bits per heavy atom. The minimum Gasteiger partial charge on any atom is -0.366 e. The second kappa shape index (κ2) is 8.33. The maximum absolute atomic E-state index is 12.3. The van der Waals surface area contributed by atoms with Crippen molar-refractivity contribution in [2.75, 3.05) is 13.6 Å². The predicted octanol–water partition coefficient (Wildman–Crippen LogP) is 3.04. The van der Waals surface area contributed by atoms with Crippen molar-refractivity contribution in [2.24, 2.45) is 5.73 Å². The van der Waals surface area contributed by atoms with Crippen LogP contribution in [0.25, 0.3) is 0 Å². The van der Waals surface area contributed by atoms with E-state index in [9.17, 15) is 9.59 Å². The van der Waals surface area contributed by atoms with Gasteiger partial charge in [-0.1, -0.05) is 42.0 Å². The molecule has 0 fully saturated rings. The maximum Gasteiger partial charge on any atom is 0.317 e. The number of primary amides is 1. The van der Waals surface area contributed by atoms with Crippen LogP contribution in [0.2, 0.25) is 0 Å². The third-order valence-electron chi connectivity index (χ3n) is 4.36. The highest BCUT2D eigenvalue weighted by Crippen LogP contribution is 2.19. The van der Waals surface area contributed by atoms with E-state index in [0.29, 0.717) is 18.5 Å². The van der Waals surface area contributed by atoms with Gasteiger partial charge < -0.3 is 16.0 Å². The lowest BCUT2D eigenvalue weighted by atomic mass is 10.1. The molecule has 5 heteroatoms. The van der Waals surface area contributed by atoms with Crippen LogP contribution in [0.4, 0.5) is 4.79 Å². The maximum atomic E-state index is 12.3. The number of hydrogen-bond donors (Lipinski definition) is 2. The number of benzene rings is 2. The Kier molecular flexibility index (Phi) is 6.17. The summed E-state index contributed by atoms with van der Waals surface area (Å²) < 4.78 is 0. The summed E-state index contributed by atoms with van der Waals surface area (Å²) in [5.74, 6) is -0.447. The van der Waals surface area contributed by atoms with Gasteiger partial charge in [0.2, 0.25) is 5.91 Å². The SMILES string of the molecule is Cc1ccc([C@@H](C)N(C)C(=O)NCCc2cccc(C(N)=O)c2)cc1.